The van der Waals surface area contributed by atoms with Gasteiger partial charge in [-0.1, -0.05) is 11.6 Å². The molecular formula is C14H18ClNO5. The first-order valence-electron chi connectivity index (χ1n) is 6.27. The minimum Gasteiger partial charge on any atom is -0.466 e. The smallest absolute Gasteiger partial charge is 0.317 e. The molecule has 1 amide bonds. The van der Waals surface area contributed by atoms with Gasteiger partial charge in [0.15, 0.2) is 0 Å². The predicted octanol–water partition coefficient (Wildman–Crippen LogP) is 1.94. The Morgan fingerprint density at radius 3 is 1.76 bits per heavy atom. The maximum absolute atomic E-state index is 10.6. The lowest BCUT2D eigenvalue weighted by Gasteiger charge is -2.00. The van der Waals surface area contributed by atoms with E-state index in [1.165, 1.54) is 0 Å². The number of carbonyl (C=O) groups excluding carboxylic acids is 3. The molecule has 0 aromatic heterocycles. The highest BCUT2D eigenvalue weighted by atomic mass is 35.5. The summed E-state index contributed by atoms with van der Waals surface area (Å²) in [5, 5.41) is 0.602. The van der Waals surface area contributed by atoms with Crippen LogP contribution in [0.15, 0.2) is 24.3 Å². The van der Waals surface area contributed by atoms with Gasteiger partial charge in [-0.05, 0) is 38.1 Å². The van der Waals surface area contributed by atoms with Gasteiger partial charge in [-0.25, -0.2) is 0 Å². The Balaban J connectivity index is 0.000000382. The van der Waals surface area contributed by atoms with Crippen molar-refractivity contribution < 1.29 is 23.9 Å². The Bertz CT molecular complexity index is 457. The summed E-state index contributed by atoms with van der Waals surface area (Å²) in [7, 11) is 0. The fraction of sp³-hybridized carbons (Fsp3) is 0.357. The zero-order valence-corrected chi connectivity index (χ0v) is 12.7. The number of hydrogen-bond donors (Lipinski definition) is 1. The van der Waals surface area contributed by atoms with Gasteiger partial charge in [0, 0.05) is 10.6 Å². The molecule has 0 saturated heterocycles. The Kier molecular flexibility index (Phi) is 9.62. The number of primary amides is 1. The highest BCUT2D eigenvalue weighted by Crippen LogP contribution is 2.08. The van der Waals surface area contributed by atoms with Crippen molar-refractivity contribution in [3.05, 3.63) is 34.9 Å². The molecule has 1 aromatic carbocycles. The van der Waals surface area contributed by atoms with Crippen molar-refractivity contribution >= 4 is 29.4 Å². The van der Waals surface area contributed by atoms with Crippen LogP contribution in [-0.4, -0.2) is 31.1 Å². The third-order valence-corrected chi connectivity index (χ3v) is 2.28. The summed E-state index contributed by atoms with van der Waals surface area (Å²) in [5.41, 5.74) is 5.46. The second kappa shape index (κ2) is 10.7. The fourth-order valence-electron chi connectivity index (χ4n) is 1.16. The van der Waals surface area contributed by atoms with Crippen molar-refractivity contribution in [3.63, 3.8) is 0 Å². The molecule has 6 nitrogen and oxygen atoms in total. The average Bonchev–Trinajstić information content (AvgIpc) is 2.40. The normalized spacial score (nSPS) is 9.10. The quantitative estimate of drug-likeness (QED) is 0.661. The van der Waals surface area contributed by atoms with Crippen LogP contribution in [0.2, 0.25) is 5.02 Å². The number of rotatable bonds is 5. The van der Waals surface area contributed by atoms with E-state index in [1.54, 1.807) is 38.1 Å². The molecule has 1 rings (SSSR count). The molecule has 0 radical (unpaired) electrons. The molecule has 0 aliphatic carbocycles. The van der Waals surface area contributed by atoms with Crippen LogP contribution in [0.3, 0.4) is 0 Å². The Morgan fingerprint density at radius 1 is 1.00 bits per heavy atom. The van der Waals surface area contributed by atoms with Crippen LogP contribution < -0.4 is 5.73 Å². The SMILES string of the molecule is CCOC(=O)CC(=O)OCC.NC(=O)c1ccc(Cl)cc1. The highest BCUT2D eigenvalue weighted by Gasteiger charge is 2.09. The largest absolute Gasteiger partial charge is 0.466 e. The lowest BCUT2D eigenvalue weighted by atomic mass is 10.2. The maximum Gasteiger partial charge on any atom is 0.317 e. The van der Waals surface area contributed by atoms with E-state index in [9.17, 15) is 14.4 Å². The first kappa shape index (κ1) is 18.9. The van der Waals surface area contributed by atoms with E-state index < -0.39 is 17.8 Å². The molecule has 0 fully saturated rings. The van der Waals surface area contributed by atoms with E-state index in [4.69, 9.17) is 17.3 Å². The van der Waals surface area contributed by atoms with E-state index in [0.717, 1.165) is 0 Å². The minimum absolute atomic E-state index is 0.290. The molecule has 0 atom stereocenters. The third kappa shape index (κ3) is 9.45. The number of amides is 1. The van der Waals surface area contributed by atoms with Crippen molar-refractivity contribution in [2.45, 2.75) is 20.3 Å². The molecule has 7 heteroatoms. The molecule has 21 heavy (non-hydrogen) atoms. The van der Waals surface area contributed by atoms with Gasteiger partial charge < -0.3 is 15.2 Å². The van der Waals surface area contributed by atoms with Crippen molar-refractivity contribution in [2.24, 2.45) is 5.73 Å². The van der Waals surface area contributed by atoms with E-state index in [0.29, 0.717) is 10.6 Å². The van der Waals surface area contributed by atoms with Crippen molar-refractivity contribution in [1.29, 1.82) is 0 Å². The van der Waals surface area contributed by atoms with Gasteiger partial charge in [0.25, 0.3) is 0 Å². The maximum atomic E-state index is 10.6. The zero-order valence-electron chi connectivity index (χ0n) is 11.9. The van der Waals surface area contributed by atoms with E-state index >= 15 is 0 Å². The molecule has 0 bridgehead atoms. The molecule has 2 N–H and O–H groups in total. The van der Waals surface area contributed by atoms with E-state index in [1.807, 2.05) is 0 Å². The van der Waals surface area contributed by atoms with Crippen molar-refractivity contribution in [2.75, 3.05) is 13.2 Å². The minimum atomic E-state index is -0.536. The molecule has 0 heterocycles. The Labute approximate surface area is 128 Å². The average molecular weight is 316 g/mol. The van der Waals surface area contributed by atoms with Crippen molar-refractivity contribution in [3.8, 4) is 0 Å². The third-order valence-electron chi connectivity index (χ3n) is 2.03. The number of ether oxygens (including phenoxy) is 2. The molecule has 116 valence electrons. The van der Waals surface area contributed by atoms with Crippen LogP contribution >= 0.6 is 11.6 Å². The number of carbonyl (C=O) groups is 3. The summed E-state index contributed by atoms with van der Waals surface area (Å²) >= 11 is 5.56. The molecule has 0 spiro atoms. The van der Waals surface area contributed by atoms with Gasteiger partial charge in [-0.3, -0.25) is 14.4 Å². The summed E-state index contributed by atoms with van der Waals surface area (Å²) in [5.74, 6) is -1.51. The van der Waals surface area contributed by atoms with Gasteiger partial charge in [0.05, 0.1) is 13.2 Å². The van der Waals surface area contributed by atoms with E-state index in [-0.39, 0.29) is 19.6 Å². The van der Waals surface area contributed by atoms with Crippen LogP contribution in [0.4, 0.5) is 0 Å². The van der Waals surface area contributed by atoms with E-state index in [2.05, 4.69) is 9.47 Å². The monoisotopic (exact) mass is 315 g/mol. The molecule has 0 aliphatic rings. The van der Waals surface area contributed by atoms with Crippen molar-refractivity contribution in [1.82, 2.24) is 0 Å². The number of nitrogens with two attached hydrogens (primary N) is 1. The predicted molar refractivity (Wildman–Crippen MR) is 77.9 cm³/mol. The highest BCUT2D eigenvalue weighted by molar-refractivity contribution is 6.30. The van der Waals surface area contributed by atoms with Crippen LogP contribution in [0.25, 0.3) is 0 Å². The van der Waals surface area contributed by atoms with Gasteiger partial charge in [-0.15, -0.1) is 0 Å². The Hall–Kier alpha value is -2.08. The number of benzene rings is 1. The van der Waals surface area contributed by atoms with Gasteiger partial charge >= 0.3 is 11.9 Å². The summed E-state index contributed by atoms with van der Waals surface area (Å²) in [6.45, 7) is 3.95. The number of halogens is 1. The number of esters is 2. The lowest BCUT2D eigenvalue weighted by Crippen LogP contribution is -2.13. The van der Waals surface area contributed by atoms with Crippen LogP contribution in [-0.2, 0) is 19.1 Å². The van der Waals surface area contributed by atoms with Crippen LogP contribution in [0, 0.1) is 0 Å². The second-order valence-electron chi connectivity index (χ2n) is 3.66. The Morgan fingerprint density at radius 2 is 1.43 bits per heavy atom. The number of hydrogen-bond acceptors (Lipinski definition) is 5. The first-order valence-corrected chi connectivity index (χ1v) is 6.65. The lowest BCUT2D eigenvalue weighted by molar-refractivity contribution is -0.153. The summed E-state index contributed by atoms with van der Waals surface area (Å²) in [6.07, 6.45) is -0.290. The molecule has 0 saturated carbocycles. The van der Waals surface area contributed by atoms with Crippen LogP contribution in [0.1, 0.15) is 30.6 Å². The fourth-order valence-corrected chi connectivity index (χ4v) is 1.28. The molecule has 0 unspecified atom stereocenters. The summed E-state index contributed by atoms with van der Waals surface area (Å²) in [4.78, 5) is 31.7. The van der Waals surface area contributed by atoms with Crippen LogP contribution in [0.5, 0.6) is 0 Å². The zero-order chi connectivity index (χ0) is 16.3. The standard InChI is InChI=1S/C7H6ClNO.C7H12O4/c8-6-3-1-5(2-4-6)7(9)10;1-3-10-6(8)5-7(9)11-4-2/h1-4H,(H2,9,10);3-5H2,1-2H3. The summed E-state index contributed by atoms with van der Waals surface area (Å²) < 4.78 is 9.04. The first-order chi connectivity index (χ1) is 9.90. The van der Waals surface area contributed by atoms with Gasteiger partial charge in [-0.2, -0.15) is 0 Å². The second-order valence-corrected chi connectivity index (χ2v) is 4.09. The van der Waals surface area contributed by atoms with Gasteiger partial charge in [0.1, 0.15) is 6.42 Å². The topological polar surface area (TPSA) is 95.7 Å². The van der Waals surface area contributed by atoms with Gasteiger partial charge in [0.2, 0.25) is 5.91 Å². The summed E-state index contributed by atoms with van der Waals surface area (Å²) in [6, 6.07) is 6.43. The molecule has 0 aliphatic heterocycles. The molecule has 1 aromatic rings. The molecular weight excluding hydrogens is 298 g/mol.